The van der Waals surface area contributed by atoms with E-state index in [1.807, 2.05) is 18.2 Å². The lowest BCUT2D eigenvalue weighted by Gasteiger charge is -2.32. The Morgan fingerprint density at radius 3 is 2.63 bits per heavy atom. The van der Waals surface area contributed by atoms with Crippen LogP contribution in [0.5, 0.6) is 11.5 Å². The van der Waals surface area contributed by atoms with E-state index in [0.29, 0.717) is 38.1 Å². The minimum absolute atomic E-state index is 0.0190. The Labute approximate surface area is 216 Å². The summed E-state index contributed by atoms with van der Waals surface area (Å²) in [4.78, 5) is 32.6. The molecule has 0 bridgehead atoms. The predicted octanol–water partition coefficient (Wildman–Crippen LogP) is 5.88. The molecule has 2 aliphatic rings. The zero-order chi connectivity index (χ0) is 24.4. The molecule has 10 heteroatoms. The second kappa shape index (κ2) is 10.2. The quantitative estimate of drug-likeness (QED) is 0.447. The van der Waals surface area contributed by atoms with E-state index in [1.54, 1.807) is 53.4 Å². The standard InChI is InChI=1S/C25H19Cl2N3O4S/c26-16-6-8-17(9-7-16)28-25-30(13-15-5-10-20-21(11-15)34-14-33-20)23(31)12-22(35-25)24(32)29-19-4-2-1-3-18(19)27/h1-11,22H,12-14H2,(H,29,32). The van der Waals surface area contributed by atoms with Gasteiger partial charge in [0.25, 0.3) is 0 Å². The van der Waals surface area contributed by atoms with Crippen LogP contribution in [0.3, 0.4) is 0 Å². The Balaban J connectivity index is 1.41. The van der Waals surface area contributed by atoms with E-state index in [-0.39, 0.29) is 31.6 Å². The van der Waals surface area contributed by atoms with E-state index in [9.17, 15) is 9.59 Å². The van der Waals surface area contributed by atoms with Gasteiger partial charge in [0.2, 0.25) is 18.6 Å². The van der Waals surface area contributed by atoms with Gasteiger partial charge < -0.3 is 14.8 Å². The number of thioether (sulfide) groups is 1. The van der Waals surface area contributed by atoms with Crippen LogP contribution in [0.25, 0.3) is 0 Å². The number of carbonyl (C=O) groups is 2. The average molecular weight is 528 g/mol. The molecule has 3 aromatic carbocycles. The number of nitrogens with one attached hydrogen (secondary N) is 1. The van der Waals surface area contributed by atoms with Crippen LogP contribution in [0, 0.1) is 0 Å². The summed E-state index contributed by atoms with van der Waals surface area (Å²) in [6, 6.07) is 19.5. The molecule has 1 saturated heterocycles. The van der Waals surface area contributed by atoms with E-state index in [2.05, 4.69) is 10.3 Å². The van der Waals surface area contributed by atoms with Gasteiger partial charge in [-0.2, -0.15) is 0 Å². The van der Waals surface area contributed by atoms with Gasteiger partial charge in [0.15, 0.2) is 16.7 Å². The second-order valence-electron chi connectivity index (χ2n) is 7.82. The number of para-hydroxylation sites is 1. The summed E-state index contributed by atoms with van der Waals surface area (Å²) in [6.07, 6.45) is 0.0190. The zero-order valence-electron chi connectivity index (χ0n) is 18.2. The van der Waals surface area contributed by atoms with Crippen molar-refractivity contribution >= 4 is 63.3 Å². The Bertz CT molecular complexity index is 1320. The smallest absolute Gasteiger partial charge is 0.238 e. The maximum Gasteiger partial charge on any atom is 0.238 e. The van der Waals surface area contributed by atoms with Gasteiger partial charge >= 0.3 is 0 Å². The molecule has 0 aromatic heterocycles. The number of amidine groups is 1. The predicted molar refractivity (Wildman–Crippen MR) is 138 cm³/mol. The lowest BCUT2D eigenvalue weighted by molar-refractivity contribution is -0.129. The van der Waals surface area contributed by atoms with Gasteiger partial charge in [0.05, 0.1) is 22.9 Å². The van der Waals surface area contributed by atoms with E-state index < -0.39 is 5.25 Å². The molecule has 2 amide bonds. The molecule has 0 aliphatic carbocycles. The summed E-state index contributed by atoms with van der Waals surface area (Å²) < 4.78 is 10.8. The Hall–Kier alpha value is -3.20. The molecule has 1 atom stereocenters. The van der Waals surface area contributed by atoms with E-state index >= 15 is 0 Å². The van der Waals surface area contributed by atoms with Gasteiger partial charge in [-0.15, -0.1) is 0 Å². The number of ether oxygens (including phenoxy) is 2. The first-order chi connectivity index (χ1) is 17.0. The van der Waals surface area contributed by atoms with E-state index in [1.165, 1.54) is 11.8 Å². The summed E-state index contributed by atoms with van der Waals surface area (Å²) in [5.41, 5.74) is 1.96. The average Bonchev–Trinajstić information content (AvgIpc) is 3.32. The van der Waals surface area contributed by atoms with Crippen molar-refractivity contribution in [1.82, 2.24) is 4.90 Å². The molecule has 3 aromatic rings. The second-order valence-corrected chi connectivity index (χ2v) is 9.83. The highest BCUT2D eigenvalue weighted by molar-refractivity contribution is 8.15. The molecule has 2 heterocycles. The lowest BCUT2D eigenvalue weighted by atomic mass is 10.1. The van der Waals surface area contributed by atoms with E-state index in [0.717, 1.165) is 5.56 Å². The summed E-state index contributed by atoms with van der Waals surface area (Å²) >= 11 is 13.4. The van der Waals surface area contributed by atoms with Crippen LogP contribution in [-0.4, -0.2) is 33.9 Å². The van der Waals surface area contributed by atoms with Crippen molar-refractivity contribution in [2.45, 2.75) is 18.2 Å². The fourth-order valence-electron chi connectivity index (χ4n) is 3.62. The van der Waals surface area contributed by atoms with E-state index in [4.69, 9.17) is 32.7 Å². The Morgan fingerprint density at radius 1 is 1.06 bits per heavy atom. The molecule has 5 rings (SSSR count). The number of amides is 2. The number of fused-ring (bicyclic) bond motifs is 1. The van der Waals surface area contributed by atoms with Crippen LogP contribution < -0.4 is 14.8 Å². The highest BCUT2D eigenvalue weighted by Crippen LogP contribution is 2.35. The number of aliphatic imine (C=N–C) groups is 1. The molecule has 1 N–H and O–H groups in total. The van der Waals surface area contributed by atoms with Gasteiger partial charge in [-0.3, -0.25) is 14.5 Å². The van der Waals surface area contributed by atoms with Crippen LogP contribution in [0.2, 0.25) is 10.0 Å². The highest BCUT2D eigenvalue weighted by atomic mass is 35.5. The van der Waals surface area contributed by atoms with Gasteiger partial charge in [-0.05, 0) is 54.1 Å². The molecule has 1 fully saturated rings. The van der Waals surface area contributed by atoms with Crippen LogP contribution in [0.4, 0.5) is 11.4 Å². The maximum atomic E-state index is 13.3. The first kappa shape index (κ1) is 23.5. The van der Waals surface area contributed by atoms with Crippen molar-refractivity contribution < 1.29 is 19.1 Å². The van der Waals surface area contributed by atoms with Crippen molar-refractivity contribution in [3.8, 4) is 11.5 Å². The minimum Gasteiger partial charge on any atom is -0.454 e. The van der Waals surface area contributed by atoms with Crippen molar-refractivity contribution in [2.75, 3.05) is 12.1 Å². The van der Waals surface area contributed by atoms with Crippen LogP contribution in [0.15, 0.2) is 71.7 Å². The van der Waals surface area contributed by atoms with Gasteiger partial charge in [-0.1, -0.05) is 53.2 Å². The van der Waals surface area contributed by atoms with Crippen molar-refractivity contribution in [1.29, 1.82) is 0 Å². The summed E-state index contributed by atoms with van der Waals surface area (Å²) in [7, 11) is 0. The number of hydrogen-bond acceptors (Lipinski definition) is 6. The monoisotopic (exact) mass is 527 g/mol. The lowest BCUT2D eigenvalue weighted by Crippen LogP contribution is -2.44. The highest BCUT2D eigenvalue weighted by Gasteiger charge is 2.36. The Kier molecular flexibility index (Phi) is 6.86. The summed E-state index contributed by atoms with van der Waals surface area (Å²) in [6.45, 7) is 0.441. The number of benzene rings is 3. The largest absolute Gasteiger partial charge is 0.454 e. The first-order valence-electron chi connectivity index (χ1n) is 10.7. The molecule has 0 spiro atoms. The Morgan fingerprint density at radius 2 is 1.83 bits per heavy atom. The number of nitrogens with zero attached hydrogens (tertiary/aromatic N) is 2. The number of hydrogen-bond donors (Lipinski definition) is 1. The number of carbonyl (C=O) groups excluding carboxylic acids is 2. The molecule has 35 heavy (non-hydrogen) atoms. The summed E-state index contributed by atoms with van der Waals surface area (Å²) in [5.74, 6) is 0.767. The maximum absolute atomic E-state index is 13.3. The first-order valence-corrected chi connectivity index (χ1v) is 12.3. The number of halogens is 2. The van der Waals surface area contributed by atoms with Crippen LogP contribution >= 0.6 is 35.0 Å². The molecule has 2 aliphatic heterocycles. The molecule has 0 saturated carbocycles. The van der Waals surface area contributed by atoms with Crippen LogP contribution in [0.1, 0.15) is 12.0 Å². The van der Waals surface area contributed by atoms with Crippen LogP contribution in [-0.2, 0) is 16.1 Å². The minimum atomic E-state index is -0.669. The normalized spacial score (nSPS) is 18.1. The van der Waals surface area contributed by atoms with Gasteiger partial charge in [0.1, 0.15) is 5.25 Å². The number of rotatable bonds is 5. The molecule has 178 valence electrons. The van der Waals surface area contributed by atoms with Crippen molar-refractivity contribution in [2.24, 2.45) is 4.99 Å². The molecular weight excluding hydrogens is 509 g/mol. The van der Waals surface area contributed by atoms with Crippen molar-refractivity contribution in [3.63, 3.8) is 0 Å². The molecule has 0 radical (unpaired) electrons. The third-order valence-electron chi connectivity index (χ3n) is 5.39. The third kappa shape index (κ3) is 5.40. The molecule has 1 unspecified atom stereocenters. The number of anilines is 1. The topological polar surface area (TPSA) is 80.2 Å². The summed E-state index contributed by atoms with van der Waals surface area (Å²) in [5, 5.41) is 3.57. The SMILES string of the molecule is O=C(Nc1ccccc1Cl)C1CC(=O)N(Cc2ccc3c(c2)OCO3)C(=Nc2ccc(Cl)cc2)S1. The van der Waals surface area contributed by atoms with Crippen molar-refractivity contribution in [3.05, 3.63) is 82.3 Å². The van der Waals surface area contributed by atoms with Gasteiger partial charge in [0, 0.05) is 11.4 Å². The molecular formula is C25H19Cl2N3O4S. The molecule has 7 nitrogen and oxygen atoms in total. The van der Waals surface area contributed by atoms with Gasteiger partial charge in [-0.25, -0.2) is 4.99 Å². The fourth-order valence-corrected chi connectivity index (χ4v) is 5.03. The zero-order valence-corrected chi connectivity index (χ0v) is 20.6. The third-order valence-corrected chi connectivity index (χ3v) is 7.16. The fraction of sp³-hybridized carbons (Fsp3) is 0.160.